The molecule has 1 aliphatic rings. The molecule has 118 valence electrons. The Morgan fingerprint density at radius 2 is 1.95 bits per heavy atom. The summed E-state index contributed by atoms with van der Waals surface area (Å²) in [6.07, 6.45) is 6.19. The summed E-state index contributed by atoms with van der Waals surface area (Å²) in [7, 11) is 0. The molecule has 1 heterocycles. The maximum absolute atomic E-state index is 4.86. The Hall–Kier alpha value is -1.32. The van der Waals surface area contributed by atoms with E-state index in [0.29, 0.717) is 0 Å². The fraction of sp³-hybridized carbons (Fsp3) is 0.765. The van der Waals surface area contributed by atoms with Gasteiger partial charge >= 0.3 is 0 Å². The summed E-state index contributed by atoms with van der Waals surface area (Å²) in [5, 5.41) is 3.40. The van der Waals surface area contributed by atoms with E-state index in [1.807, 2.05) is 0 Å². The highest BCUT2D eigenvalue weighted by atomic mass is 15.2. The number of hydrogen-bond donors (Lipinski definition) is 1. The number of nitrogens with zero attached hydrogens (tertiary/aromatic N) is 3. The molecule has 21 heavy (non-hydrogen) atoms. The van der Waals surface area contributed by atoms with Crippen LogP contribution >= 0.6 is 0 Å². The average Bonchev–Trinajstić information content (AvgIpc) is 2.42. The molecule has 1 fully saturated rings. The lowest BCUT2D eigenvalue weighted by Crippen LogP contribution is -2.34. The van der Waals surface area contributed by atoms with Crippen molar-refractivity contribution in [2.45, 2.75) is 59.8 Å². The molecule has 0 aliphatic heterocycles. The molecule has 1 saturated carbocycles. The zero-order valence-electron chi connectivity index (χ0n) is 14.1. The number of rotatable bonds is 8. The standard InChI is InChI=1S/C17H30N4/c1-5-9-15-19-16(18-6-2)13(4)17(20-15)21(7-3)12-14-10-8-11-14/h14H,5-12H2,1-4H3,(H,18,19,20). The smallest absolute Gasteiger partial charge is 0.137 e. The first-order chi connectivity index (χ1) is 10.2. The van der Waals surface area contributed by atoms with Crippen LogP contribution in [0.15, 0.2) is 0 Å². The number of aromatic nitrogens is 2. The Labute approximate surface area is 129 Å². The van der Waals surface area contributed by atoms with Crippen molar-refractivity contribution in [3.63, 3.8) is 0 Å². The van der Waals surface area contributed by atoms with Crippen molar-refractivity contribution in [3.8, 4) is 0 Å². The van der Waals surface area contributed by atoms with Crippen LogP contribution in [0.4, 0.5) is 11.6 Å². The lowest BCUT2D eigenvalue weighted by molar-refractivity contribution is 0.318. The van der Waals surface area contributed by atoms with E-state index in [1.165, 1.54) is 24.8 Å². The third kappa shape index (κ3) is 3.86. The number of aryl methyl sites for hydroxylation is 1. The summed E-state index contributed by atoms with van der Waals surface area (Å²) in [4.78, 5) is 12.0. The van der Waals surface area contributed by atoms with Gasteiger partial charge in [0.05, 0.1) is 0 Å². The molecule has 1 N–H and O–H groups in total. The first-order valence-corrected chi connectivity index (χ1v) is 8.55. The van der Waals surface area contributed by atoms with Crippen molar-refractivity contribution in [3.05, 3.63) is 11.4 Å². The van der Waals surface area contributed by atoms with E-state index in [4.69, 9.17) is 9.97 Å². The minimum Gasteiger partial charge on any atom is -0.370 e. The van der Waals surface area contributed by atoms with Crippen molar-refractivity contribution >= 4 is 11.6 Å². The quantitative estimate of drug-likeness (QED) is 0.790. The van der Waals surface area contributed by atoms with Crippen LogP contribution in [0.5, 0.6) is 0 Å². The summed E-state index contributed by atoms with van der Waals surface area (Å²) in [6.45, 7) is 11.7. The Morgan fingerprint density at radius 1 is 1.19 bits per heavy atom. The van der Waals surface area contributed by atoms with E-state index < -0.39 is 0 Å². The molecule has 1 aromatic rings. The van der Waals surface area contributed by atoms with Crippen LogP contribution in [0.25, 0.3) is 0 Å². The maximum atomic E-state index is 4.86. The van der Waals surface area contributed by atoms with Gasteiger partial charge in [-0.25, -0.2) is 9.97 Å². The predicted molar refractivity (Wildman–Crippen MR) is 90.2 cm³/mol. The first-order valence-electron chi connectivity index (χ1n) is 8.55. The van der Waals surface area contributed by atoms with Crippen LogP contribution in [0.2, 0.25) is 0 Å². The maximum Gasteiger partial charge on any atom is 0.137 e. The second-order valence-corrected chi connectivity index (χ2v) is 6.05. The van der Waals surface area contributed by atoms with E-state index in [1.54, 1.807) is 0 Å². The van der Waals surface area contributed by atoms with Crippen LogP contribution in [-0.4, -0.2) is 29.6 Å². The highest BCUT2D eigenvalue weighted by molar-refractivity contribution is 5.58. The highest BCUT2D eigenvalue weighted by Crippen LogP contribution is 2.30. The Balaban J connectivity index is 2.28. The van der Waals surface area contributed by atoms with E-state index in [-0.39, 0.29) is 0 Å². The van der Waals surface area contributed by atoms with Gasteiger partial charge in [-0.2, -0.15) is 0 Å². The molecule has 4 nitrogen and oxygen atoms in total. The number of hydrogen-bond acceptors (Lipinski definition) is 4. The monoisotopic (exact) mass is 290 g/mol. The summed E-state index contributed by atoms with van der Waals surface area (Å²) in [5.41, 5.74) is 1.19. The molecular weight excluding hydrogens is 260 g/mol. The van der Waals surface area contributed by atoms with Gasteiger partial charge in [0.25, 0.3) is 0 Å². The largest absolute Gasteiger partial charge is 0.370 e. The zero-order valence-corrected chi connectivity index (χ0v) is 14.1. The molecule has 0 radical (unpaired) electrons. The molecule has 0 unspecified atom stereocenters. The van der Waals surface area contributed by atoms with Gasteiger partial charge in [-0.15, -0.1) is 0 Å². The third-order valence-electron chi connectivity index (χ3n) is 4.37. The van der Waals surface area contributed by atoms with Gasteiger partial charge in [-0.3, -0.25) is 0 Å². The van der Waals surface area contributed by atoms with E-state index >= 15 is 0 Å². The van der Waals surface area contributed by atoms with Gasteiger partial charge in [-0.1, -0.05) is 13.3 Å². The molecule has 0 atom stereocenters. The summed E-state index contributed by atoms with van der Waals surface area (Å²) in [6, 6.07) is 0. The summed E-state index contributed by atoms with van der Waals surface area (Å²) >= 11 is 0. The van der Waals surface area contributed by atoms with Crippen molar-refractivity contribution in [1.29, 1.82) is 0 Å². The topological polar surface area (TPSA) is 41.1 Å². The van der Waals surface area contributed by atoms with Gasteiger partial charge < -0.3 is 10.2 Å². The lowest BCUT2D eigenvalue weighted by atomic mass is 9.85. The SMILES string of the molecule is CCCc1nc(NCC)c(C)c(N(CC)CC2CCC2)n1. The van der Waals surface area contributed by atoms with Gasteiger partial charge in [0.2, 0.25) is 0 Å². The lowest BCUT2D eigenvalue weighted by Gasteiger charge is -2.33. The normalized spacial score (nSPS) is 14.9. The van der Waals surface area contributed by atoms with Crippen LogP contribution in [0, 0.1) is 12.8 Å². The Kier molecular flexibility index (Phi) is 5.83. The van der Waals surface area contributed by atoms with Gasteiger partial charge in [0.15, 0.2) is 0 Å². The molecule has 4 heteroatoms. The second kappa shape index (κ2) is 7.62. The van der Waals surface area contributed by atoms with Crippen molar-refractivity contribution < 1.29 is 0 Å². The Bertz CT molecular complexity index is 454. The molecule has 0 spiro atoms. The molecule has 1 aliphatic carbocycles. The minimum atomic E-state index is 0.858. The van der Waals surface area contributed by atoms with Crippen molar-refractivity contribution in [1.82, 2.24) is 9.97 Å². The van der Waals surface area contributed by atoms with Gasteiger partial charge in [-0.05, 0) is 46.0 Å². The van der Waals surface area contributed by atoms with Crippen LogP contribution in [0.3, 0.4) is 0 Å². The summed E-state index contributed by atoms with van der Waals surface area (Å²) in [5.74, 6) is 3.98. The summed E-state index contributed by atoms with van der Waals surface area (Å²) < 4.78 is 0. The highest BCUT2D eigenvalue weighted by Gasteiger charge is 2.23. The van der Waals surface area contributed by atoms with E-state index in [9.17, 15) is 0 Å². The average molecular weight is 290 g/mol. The molecule has 0 saturated heterocycles. The molecule has 1 aromatic heterocycles. The fourth-order valence-electron chi connectivity index (χ4n) is 2.89. The molecule has 2 rings (SSSR count). The van der Waals surface area contributed by atoms with Crippen molar-refractivity contribution in [2.24, 2.45) is 5.92 Å². The van der Waals surface area contributed by atoms with E-state index in [0.717, 1.165) is 55.9 Å². The molecular formula is C17H30N4. The number of anilines is 2. The van der Waals surface area contributed by atoms with Gasteiger partial charge in [0.1, 0.15) is 17.5 Å². The molecule has 0 aromatic carbocycles. The van der Waals surface area contributed by atoms with Crippen LogP contribution in [-0.2, 0) is 6.42 Å². The second-order valence-electron chi connectivity index (χ2n) is 6.05. The predicted octanol–water partition coefficient (Wildman–Crippen LogP) is 3.80. The first kappa shape index (κ1) is 16.1. The number of nitrogens with one attached hydrogen (secondary N) is 1. The van der Waals surface area contributed by atoms with Crippen molar-refractivity contribution in [2.75, 3.05) is 29.9 Å². The zero-order chi connectivity index (χ0) is 15.2. The van der Waals surface area contributed by atoms with Crippen LogP contribution < -0.4 is 10.2 Å². The van der Waals surface area contributed by atoms with Crippen LogP contribution in [0.1, 0.15) is 57.8 Å². The Morgan fingerprint density at radius 3 is 2.48 bits per heavy atom. The molecule has 0 amide bonds. The molecule has 0 bridgehead atoms. The van der Waals surface area contributed by atoms with E-state index in [2.05, 4.69) is 37.9 Å². The fourth-order valence-corrected chi connectivity index (χ4v) is 2.89. The third-order valence-corrected chi connectivity index (χ3v) is 4.37. The minimum absolute atomic E-state index is 0.858. The van der Waals surface area contributed by atoms with Gasteiger partial charge in [0, 0.05) is 31.6 Å².